The van der Waals surface area contributed by atoms with E-state index in [2.05, 4.69) is 15.6 Å². The number of nitrogens with one attached hydrogen (secondary N) is 2. The zero-order valence-corrected chi connectivity index (χ0v) is 12.7. The predicted octanol–water partition coefficient (Wildman–Crippen LogP) is -0.465. The standard InChI is InChI=1S/C15H22N4O3/c1-12-7-17-5-6-19(12)15(21)11-22-10-14(20)18-9-13-3-2-4-16-8-13/h2-4,8,12,17H,5-7,9-11H2,1H3,(H,18,20)/t12-/m1/s1. The molecule has 1 fully saturated rings. The first-order valence-electron chi connectivity index (χ1n) is 7.40. The molecule has 0 aliphatic carbocycles. The van der Waals surface area contributed by atoms with Gasteiger partial charge in [-0.15, -0.1) is 0 Å². The van der Waals surface area contributed by atoms with Crippen LogP contribution < -0.4 is 10.6 Å². The molecule has 2 N–H and O–H groups in total. The zero-order chi connectivity index (χ0) is 15.8. The summed E-state index contributed by atoms with van der Waals surface area (Å²) in [6, 6.07) is 3.85. The van der Waals surface area contributed by atoms with Crippen LogP contribution >= 0.6 is 0 Å². The van der Waals surface area contributed by atoms with E-state index >= 15 is 0 Å². The molecule has 120 valence electrons. The average molecular weight is 306 g/mol. The first-order chi connectivity index (χ1) is 10.7. The van der Waals surface area contributed by atoms with Crippen LogP contribution in [0.3, 0.4) is 0 Å². The molecule has 22 heavy (non-hydrogen) atoms. The van der Waals surface area contributed by atoms with Gasteiger partial charge in [-0.25, -0.2) is 0 Å². The first-order valence-corrected chi connectivity index (χ1v) is 7.40. The molecular formula is C15H22N4O3. The van der Waals surface area contributed by atoms with Crippen molar-refractivity contribution in [2.75, 3.05) is 32.8 Å². The molecule has 1 aliphatic rings. The molecule has 1 atom stereocenters. The van der Waals surface area contributed by atoms with E-state index in [9.17, 15) is 9.59 Å². The van der Waals surface area contributed by atoms with Crippen molar-refractivity contribution in [1.82, 2.24) is 20.5 Å². The maximum Gasteiger partial charge on any atom is 0.248 e. The number of amides is 2. The normalized spacial score (nSPS) is 18.0. The summed E-state index contributed by atoms with van der Waals surface area (Å²) < 4.78 is 5.21. The average Bonchev–Trinajstić information content (AvgIpc) is 2.54. The van der Waals surface area contributed by atoms with Crippen molar-refractivity contribution in [3.05, 3.63) is 30.1 Å². The molecule has 0 radical (unpaired) electrons. The van der Waals surface area contributed by atoms with Crippen molar-refractivity contribution in [2.24, 2.45) is 0 Å². The van der Waals surface area contributed by atoms with Crippen molar-refractivity contribution < 1.29 is 14.3 Å². The van der Waals surface area contributed by atoms with Crippen LogP contribution in [0.5, 0.6) is 0 Å². The summed E-state index contributed by atoms with van der Waals surface area (Å²) >= 11 is 0. The Morgan fingerprint density at radius 1 is 1.50 bits per heavy atom. The van der Waals surface area contributed by atoms with Crippen molar-refractivity contribution in [1.29, 1.82) is 0 Å². The summed E-state index contributed by atoms with van der Waals surface area (Å²) in [7, 11) is 0. The highest BCUT2D eigenvalue weighted by Crippen LogP contribution is 2.03. The van der Waals surface area contributed by atoms with Gasteiger partial charge in [0.2, 0.25) is 11.8 Å². The van der Waals surface area contributed by atoms with Crippen LogP contribution in [0.2, 0.25) is 0 Å². The summed E-state index contributed by atoms with van der Waals surface area (Å²) in [5, 5.41) is 5.94. The Hall–Kier alpha value is -1.99. The molecule has 7 nitrogen and oxygen atoms in total. The lowest BCUT2D eigenvalue weighted by Gasteiger charge is -2.33. The second kappa shape index (κ2) is 8.45. The van der Waals surface area contributed by atoms with E-state index in [1.54, 1.807) is 17.3 Å². The van der Waals surface area contributed by atoms with Crippen LogP contribution in [0.1, 0.15) is 12.5 Å². The fraction of sp³-hybridized carbons (Fsp3) is 0.533. The highest BCUT2D eigenvalue weighted by molar-refractivity contribution is 5.80. The minimum Gasteiger partial charge on any atom is -0.362 e. The van der Waals surface area contributed by atoms with Gasteiger partial charge in [0, 0.05) is 44.6 Å². The van der Waals surface area contributed by atoms with E-state index in [-0.39, 0.29) is 31.1 Å². The third kappa shape index (κ3) is 5.09. The number of rotatable bonds is 6. The maximum absolute atomic E-state index is 12.0. The molecule has 0 saturated carbocycles. The number of hydrogen-bond donors (Lipinski definition) is 2. The number of hydrogen-bond acceptors (Lipinski definition) is 5. The predicted molar refractivity (Wildman–Crippen MR) is 80.9 cm³/mol. The molecule has 0 aromatic carbocycles. The quantitative estimate of drug-likeness (QED) is 0.743. The third-order valence-electron chi connectivity index (χ3n) is 3.49. The third-order valence-corrected chi connectivity index (χ3v) is 3.49. The van der Waals surface area contributed by atoms with Crippen LogP contribution in [0.4, 0.5) is 0 Å². The molecule has 0 unspecified atom stereocenters. The van der Waals surface area contributed by atoms with Gasteiger partial charge in [-0.2, -0.15) is 0 Å². The van der Waals surface area contributed by atoms with Crippen LogP contribution in [-0.4, -0.2) is 60.6 Å². The Morgan fingerprint density at radius 2 is 2.36 bits per heavy atom. The minimum atomic E-state index is -0.245. The molecule has 2 heterocycles. The van der Waals surface area contributed by atoms with Gasteiger partial charge in [-0.1, -0.05) is 6.07 Å². The second-order valence-electron chi connectivity index (χ2n) is 5.27. The van der Waals surface area contributed by atoms with E-state index in [0.29, 0.717) is 13.1 Å². The van der Waals surface area contributed by atoms with Gasteiger partial charge in [0.15, 0.2) is 0 Å². The Bertz CT molecular complexity index is 495. The lowest BCUT2D eigenvalue weighted by atomic mass is 10.2. The SMILES string of the molecule is C[C@@H]1CNCCN1C(=O)COCC(=O)NCc1cccnc1. The van der Waals surface area contributed by atoms with Crippen LogP contribution in [0.15, 0.2) is 24.5 Å². The van der Waals surface area contributed by atoms with Gasteiger partial charge >= 0.3 is 0 Å². The molecular weight excluding hydrogens is 284 g/mol. The smallest absolute Gasteiger partial charge is 0.248 e. The second-order valence-corrected chi connectivity index (χ2v) is 5.27. The van der Waals surface area contributed by atoms with E-state index < -0.39 is 0 Å². The molecule has 1 aromatic rings. The Kier molecular flexibility index (Phi) is 6.29. The molecule has 1 aromatic heterocycles. The molecule has 0 bridgehead atoms. The molecule has 2 amide bonds. The number of carbonyl (C=O) groups excluding carboxylic acids is 2. The number of pyridine rings is 1. The molecule has 1 saturated heterocycles. The fourth-order valence-electron chi connectivity index (χ4n) is 2.28. The molecule has 2 rings (SSSR count). The lowest BCUT2D eigenvalue weighted by molar-refractivity contribution is -0.140. The largest absolute Gasteiger partial charge is 0.362 e. The molecule has 0 spiro atoms. The van der Waals surface area contributed by atoms with E-state index in [1.165, 1.54) is 0 Å². The molecule has 7 heteroatoms. The highest BCUT2D eigenvalue weighted by atomic mass is 16.5. The van der Waals surface area contributed by atoms with E-state index in [1.807, 2.05) is 19.1 Å². The summed E-state index contributed by atoms with van der Waals surface area (Å²) in [6.45, 7) is 4.47. The van der Waals surface area contributed by atoms with Crippen molar-refractivity contribution in [3.8, 4) is 0 Å². The van der Waals surface area contributed by atoms with Crippen LogP contribution in [0.25, 0.3) is 0 Å². The van der Waals surface area contributed by atoms with Crippen molar-refractivity contribution in [3.63, 3.8) is 0 Å². The van der Waals surface area contributed by atoms with Gasteiger partial charge in [0.25, 0.3) is 0 Å². The van der Waals surface area contributed by atoms with E-state index in [4.69, 9.17) is 4.74 Å². The Balaban J connectivity index is 1.63. The monoisotopic (exact) mass is 306 g/mol. The minimum absolute atomic E-state index is 0.0648. The number of piperazine rings is 1. The summed E-state index contributed by atoms with van der Waals surface area (Å²) in [5.41, 5.74) is 0.918. The first kappa shape index (κ1) is 16.4. The number of carbonyl (C=O) groups is 2. The summed E-state index contributed by atoms with van der Waals surface area (Å²) in [4.78, 5) is 29.4. The van der Waals surface area contributed by atoms with Crippen LogP contribution in [0, 0.1) is 0 Å². The highest BCUT2D eigenvalue weighted by Gasteiger charge is 2.22. The summed E-state index contributed by atoms with van der Waals surface area (Å²) in [6.07, 6.45) is 3.37. The number of ether oxygens (including phenoxy) is 1. The van der Waals surface area contributed by atoms with Gasteiger partial charge in [-0.3, -0.25) is 14.6 Å². The van der Waals surface area contributed by atoms with Crippen molar-refractivity contribution >= 4 is 11.8 Å². The zero-order valence-electron chi connectivity index (χ0n) is 12.7. The maximum atomic E-state index is 12.0. The number of nitrogens with zero attached hydrogens (tertiary/aromatic N) is 2. The topological polar surface area (TPSA) is 83.6 Å². The lowest BCUT2D eigenvalue weighted by Crippen LogP contribution is -2.53. The Labute approximate surface area is 130 Å². The van der Waals surface area contributed by atoms with Crippen LogP contribution in [-0.2, 0) is 20.9 Å². The van der Waals surface area contributed by atoms with Gasteiger partial charge in [0.05, 0.1) is 0 Å². The van der Waals surface area contributed by atoms with E-state index in [0.717, 1.165) is 18.7 Å². The van der Waals surface area contributed by atoms with Gasteiger partial charge in [-0.05, 0) is 18.6 Å². The Morgan fingerprint density at radius 3 is 3.09 bits per heavy atom. The van der Waals surface area contributed by atoms with Gasteiger partial charge in [0.1, 0.15) is 13.2 Å². The molecule has 1 aliphatic heterocycles. The van der Waals surface area contributed by atoms with Crippen molar-refractivity contribution in [2.45, 2.75) is 19.5 Å². The summed E-state index contributed by atoms with van der Waals surface area (Å²) in [5.74, 6) is -0.320. The van der Waals surface area contributed by atoms with Gasteiger partial charge < -0.3 is 20.3 Å². The fourth-order valence-corrected chi connectivity index (χ4v) is 2.28. The number of aromatic nitrogens is 1.